The van der Waals surface area contributed by atoms with Crippen LogP contribution < -0.4 is 5.32 Å². The minimum Gasteiger partial charge on any atom is -0.346 e. The minimum absolute atomic E-state index is 0.182. The first kappa shape index (κ1) is 13.8. The van der Waals surface area contributed by atoms with Crippen molar-refractivity contribution in [1.29, 1.82) is 0 Å². The van der Waals surface area contributed by atoms with Gasteiger partial charge in [0, 0.05) is 17.6 Å². The van der Waals surface area contributed by atoms with Crippen molar-refractivity contribution in [2.45, 2.75) is 18.9 Å². The minimum atomic E-state index is -0.890. The molecule has 0 spiro atoms. The summed E-state index contributed by atoms with van der Waals surface area (Å²) in [4.78, 5) is 28.3. The lowest BCUT2D eigenvalue weighted by atomic mass is 10.0. The highest BCUT2D eigenvalue weighted by molar-refractivity contribution is 6.30. The molecule has 3 rings (SSSR count). The lowest BCUT2D eigenvalue weighted by Gasteiger charge is -2.03. The van der Waals surface area contributed by atoms with Crippen molar-refractivity contribution < 1.29 is 9.59 Å². The average molecular weight is 305 g/mol. The number of carbonyl (C=O) groups excluding carboxylic acids is 2. The Morgan fingerprint density at radius 2 is 1.90 bits per heavy atom. The smallest absolute Gasteiger partial charge is 0.239 e. The SMILES string of the molecule is CC1NC(=O)C(c2nc(-c3ccc(Cl)cc3)nn2C)C1=O. The molecule has 0 saturated carbocycles. The van der Waals surface area contributed by atoms with E-state index in [1.165, 1.54) is 4.68 Å². The number of ketones is 1. The zero-order chi connectivity index (χ0) is 15.1. The van der Waals surface area contributed by atoms with E-state index in [0.717, 1.165) is 5.56 Å². The number of benzene rings is 1. The molecule has 0 aliphatic carbocycles. The summed E-state index contributed by atoms with van der Waals surface area (Å²) in [5.74, 6) is -0.585. The van der Waals surface area contributed by atoms with Gasteiger partial charge >= 0.3 is 0 Å². The second-order valence-electron chi connectivity index (χ2n) is 4.99. The fourth-order valence-electron chi connectivity index (χ4n) is 2.36. The molecule has 6 nitrogen and oxygen atoms in total. The van der Waals surface area contributed by atoms with Crippen LogP contribution in [0.15, 0.2) is 24.3 Å². The fraction of sp³-hybridized carbons (Fsp3) is 0.286. The Kier molecular flexibility index (Phi) is 3.25. The number of amides is 1. The number of aryl methyl sites for hydroxylation is 1. The summed E-state index contributed by atoms with van der Waals surface area (Å²) in [5.41, 5.74) is 0.778. The van der Waals surface area contributed by atoms with Crippen molar-refractivity contribution in [3.63, 3.8) is 0 Å². The first-order chi connectivity index (χ1) is 9.97. The number of aromatic nitrogens is 3. The van der Waals surface area contributed by atoms with E-state index in [0.29, 0.717) is 16.7 Å². The number of hydrogen-bond donors (Lipinski definition) is 1. The number of hydrogen-bond acceptors (Lipinski definition) is 4. The van der Waals surface area contributed by atoms with Crippen LogP contribution in [0.2, 0.25) is 5.02 Å². The first-order valence-corrected chi connectivity index (χ1v) is 6.86. The molecule has 108 valence electrons. The van der Waals surface area contributed by atoms with Crippen molar-refractivity contribution >= 4 is 23.3 Å². The predicted molar refractivity (Wildman–Crippen MR) is 76.8 cm³/mol. The molecule has 1 aromatic heterocycles. The third-order valence-electron chi connectivity index (χ3n) is 3.49. The molecule has 1 aromatic carbocycles. The normalized spacial score (nSPS) is 21.7. The Hall–Kier alpha value is -2.21. The van der Waals surface area contributed by atoms with E-state index in [-0.39, 0.29) is 11.7 Å². The van der Waals surface area contributed by atoms with Gasteiger partial charge in [-0.1, -0.05) is 11.6 Å². The molecule has 1 aliphatic heterocycles. The van der Waals surface area contributed by atoms with Gasteiger partial charge in [0.1, 0.15) is 5.82 Å². The maximum Gasteiger partial charge on any atom is 0.239 e. The van der Waals surface area contributed by atoms with Crippen molar-refractivity contribution in [2.24, 2.45) is 7.05 Å². The Balaban J connectivity index is 2.00. The van der Waals surface area contributed by atoms with E-state index in [1.807, 2.05) is 0 Å². The highest BCUT2D eigenvalue weighted by Gasteiger charge is 2.42. The molecule has 0 bridgehead atoms. The molecular formula is C14H13ClN4O2. The zero-order valence-electron chi connectivity index (χ0n) is 11.5. The van der Waals surface area contributed by atoms with Gasteiger partial charge in [-0.25, -0.2) is 4.98 Å². The summed E-state index contributed by atoms with van der Waals surface area (Å²) in [6, 6.07) is 6.57. The zero-order valence-corrected chi connectivity index (χ0v) is 12.3. The largest absolute Gasteiger partial charge is 0.346 e. The van der Waals surface area contributed by atoms with Crippen LogP contribution in [0.1, 0.15) is 18.7 Å². The summed E-state index contributed by atoms with van der Waals surface area (Å²) in [5, 5.41) is 7.51. The van der Waals surface area contributed by atoms with Gasteiger partial charge in [0.05, 0.1) is 6.04 Å². The summed E-state index contributed by atoms with van der Waals surface area (Å²) >= 11 is 5.85. The molecule has 1 aliphatic rings. The van der Waals surface area contributed by atoms with Crippen LogP contribution in [0, 0.1) is 0 Å². The van der Waals surface area contributed by atoms with Crippen LogP contribution in [0.5, 0.6) is 0 Å². The van der Waals surface area contributed by atoms with Gasteiger partial charge in [0.25, 0.3) is 0 Å². The molecule has 1 saturated heterocycles. The second-order valence-corrected chi connectivity index (χ2v) is 5.43. The topological polar surface area (TPSA) is 76.9 Å². The molecule has 21 heavy (non-hydrogen) atoms. The van der Waals surface area contributed by atoms with Crippen LogP contribution in [0.4, 0.5) is 0 Å². The standard InChI is InChI=1S/C14H13ClN4O2/c1-7-11(20)10(14(21)16-7)13-17-12(18-19(13)2)8-3-5-9(15)6-4-8/h3-7,10H,1-2H3,(H,16,21). The molecule has 2 heterocycles. The van der Waals surface area contributed by atoms with Crippen LogP contribution in [0.3, 0.4) is 0 Å². The van der Waals surface area contributed by atoms with Crippen molar-refractivity contribution in [3.05, 3.63) is 35.1 Å². The van der Waals surface area contributed by atoms with Gasteiger partial charge in [-0.3, -0.25) is 14.3 Å². The van der Waals surface area contributed by atoms with E-state index in [1.54, 1.807) is 38.2 Å². The quantitative estimate of drug-likeness (QED) is 0.849. The molecule has 1 fully saturated rings. The molecule has 2 aromatic rings. The summed E-state index contributed by atoms with van der Waals surface area (Å²) in [6.07, 6.45) is 0. The predicted octanol–water partition coefficient (Wildman–Crippen LogP) is 1.31. The van der Waals surface area contributed by atoms with Crippen molar-refractivity contribution in [3.8, 4) is 11.4 Å². The Morgan fingerprint density at radius 3 is 2.48 bits per heavy atom. The van der Waals surface area contributed by atoms with Crippen LogP contribution in [-0.4, -0.2) is 32.5 Å². The third-order valence-corrected chi connectivity index (χ3v) is 3.74. The number of nitrogens with zero attached hydrogens (tertiary/aromatic N) is 3. The Labute approximate surface area is 126 Å². The van der Waals surface area contributed by atoms with Gasteiger partial charge in [-0.05, 0) is 31.2 Å². The molecular weight excluding hydrogens is 292 g/mol. The third kappa shape index (κ3) is 2.31. The fourth-order valence-corrected chi connectivity index (χ4v) is 2.49. The molecule has 0 radical (unpaired) electrons. The van der Waals surface area contributed by atoms with Crippen LogP contribution in [-0.2, 0) is 16.6 Å². The van der Waals surface area contributed by atoms with Crippen LogP contribution in [0.25, 0.3) is 11.4 Å². The summed E-state index contributed by atoms with van der Waals surface area (Å²) in [6.45, 7) is 1.66. The number of Topliss-reactive ketones (excluding diaryl/α,β-unsaturated/α-hetero) is 1. The number of rotatable bonds is 2. The highest BCUT2D eigenvalue weighted by atomic mass is 35.5. The first-order valence-electron chi connectivity index (χ1n) is 6.48. The van der Waals surface area contributed by atoms with Crippen LogP contribution >= 0.6 is 11.6 Å². The lowest BCUT2D eigenvalue weighted by Crippen LogP contribution is -2.25. The molecule has 2 unspecified atom stereocenters. The van der Waals surface area contributed by atoms with E-state index in [9.17, 15) is 9.59 Å². The van der Waals surface area contributed by atoms with Gasteiger partial charge in [-0.15, -0.1) is 0 Å². The van der Waals surface area contributed by atoms with E-state index < -0.39 is 12.0 Å². The maximum atomic E-state index is 12.1. The van der Waals surface area contributed by atoms with E-state index in [4.69, 9.17) is 11.6 Å². The summed E-state index contributed by atoms with van der Waals surface area (Å²) < 4.78 is 1.48. The lowest BCUT2D eigenvalue weighted by molar-refractivity contribution is -0.124. The molecule has 7 heteroatoms. The van der Waals surface area contributed by atoms with E-state index >= 15 is 0 Å². The average Bonchev–Trinajstić information content (AvgIpc) is 2.92. The summed E-state index contributed by atoms with van der Waals surface area (Å²) in [7, 11) is 1.67. The van der Waals surface area contributed by atoms with Gasteiger partial charge in [0.15, 0.2) is 17.5 Å². The monoisotopic (exact) mass is 304 g/mol. The number of carbonyl (C=O) groups is 2. The molecule has 2 atom stereocenters. The second kappa shape index (κ2) is 4.96. The van der Waals surface area contributed by atoms with Crippen molar-refractivity contribution in [1.82, 2.24) is 20.1 Å². The maximum absolute atomic E-state index is 12.1. The van der Waals surface area contributed by atoms with E-state index in [2.05, 4.69) is 15.4 Å². The Bertz CT molecular complexity index is 723. The van der Waals surface area contributed by atoms with Crippen molar-refractivity contribution in [2.75, 3.05) is 0 Å². The number of halogens is 1. The number of nitrogens with one attached hydrogen (secondary N) is 1. The van der Waals surface area contributed by atoms with Gasteiger partial charge in [-0.2, -0.15) is 5.10 Å². The highest BCUT2D eigenvalue weighted by Crippen LogP contribution is 2.25. The molecule has 1 amide bonds. The van der Waals surface area contributed by atoms with Gasteiger partial charge < -0.3 is 5.32 Å². The van der Waals surface area contributed by atoms with Gasteiger partial charge in [0.2, 0.25) is 5.91 Å². The Morgan fingerprint density at radius 1 is 1.24 bits per heavy atom. The molecule has 1 N–H and O–H groups in total.